The van der Waals surface area contributed by atoms with E-state index in [0.717, 1.165) is 0 Å². The number of hydrogen-bond donors (Lipinski definition) is 2. The van der Waals surface area contributed by atoms with Gasteiger partial charge in [-0.25, -0.2) is 10.8 Å². The molecule has 0 saturated carbocycles. The molecular formula is C10H15ClN4O2. The number of nitrogens with two attached hydrogens (primary N) is 1. The molecule has 0 aliphatic carbocycles. The normalized spacial score (nSPS) is 10.1. The maximum absolute atomic E-state index is 12.0. The van der Waals surface area contributed by atoms with Gasteiger partial charge in [-0.05, 0) is 12.1 Å². The molecule has 94 valence electrons. The topological polar surface area (TPSA) is 80.5 Å². The van der Waals surface area contributed by atoms with E-state index in [0.29, 0.717) is 24.0 Å². The number of nitrogen functional groups attached to an aromatic ring is 1. The molecular weight excluding hydrogens is 244 g/mol. The van der Waals surface area contributed by atoms with Crippen molar-refractivity contribution in [1.82, 2.24) is 9.88 Å². The Balaban J connectivity index is 2.87. The average molecular weight is 259 g/mol. The SMILES string of the molecule is COCCN(C)C(=O)c1nc(NN)ccc1Cl. The number of rotatable bonds is 5. The lowest BCUT2D eigenvalue weighted by atomic mass is 10.3. The van der Waals surface area contributed by atoms with Crippen molar-refractivity contribution < 1.29 is 9.53 Å². The number of likely N-dealkylation sites (N-methyl/N-ethyl adjacent to an activating group) is 1. The summed E-state index contributed by atoms with van der Waals surface area (Å²) in [5, 5.41) is 0.290. The standard InChI is InChI=1S/C10H15ClN4O2/c1-15(5-6-17-2)10(16)9-7(11)3-4-8(13-9)14-12/h3-4H,5-6,12H2,1-2H3,(H,13,14). The molecule has 0 spiro atoms. The largest absolute Gasteiger partial charge is 0.383 e. The minimum Gasteiger partial charge on any atom is -0.383 e. The fourth-order valence-corrected chi connectivity index (χ4v) is 1.37. The number of nitrogens with one attached hydrogen (secondary N) is 1. The fourth-order valence-electron chi connectivity index (χ4n) is 1.18. The third-order valence-electron chi connectivity index (χ3n) is 2.17. The number of carbonyl (C=O) groups is 1. The highest BCUT2D eigenvalue weighted by Gasteiger charge is 2.17. The lowest BCUT2D eigenvalue weighted by Crippen LogP contribution is -2.31. The van der Waals surface area contributed by atoms with Gasteiger partial charge in [-0.3, -0.25) is 4.79 Å². The summed E-state index contributed by atoms with van der Waals surface area (Å²) in [4.78, 5) is 17.5. The molecule has 0 unspecified atom stereocenters. The predicted octanol–water partition coefficient (Wildman–Crippen LogP) is 0.739. The zero-order valence-electron chi connectivity index (χ0n) is 9.74. The van der Waals surface area contributed by atoms with Crippen molar-refractivity contribution in [2.75, 3.05) is 32.7 Å². The van der Waals surface area contributed by atoms with Crippen molar-refractivity contribution in [3.8, 4) is 0 Å². The second kappa shape index (κ2) is 6.39. The van der Waals surface area contributed by atoms with E-state index in [1.165, 1.54) is 4.90 Å². The monoisotopic (exact) mass is 258 g/mol. The molecule has 0 atom stereocenters. The van der Waals surface area contributed by atoms with Crippen LogP contribution in [0.25, 0.3) is 0 Å². The van der Waals surface area contributed by atoms with E-state index in [1.807, 2.05) is 0 Å². The van der Waals surface area contributed by atoms with E-state index in [2.05, 4.69) is 10.4 Å². The summed E-state index contributed by atoms with van der Waals surface area (Å²) in [5.74, 6) is 5.34. The summed E-state index contributed by atoms with van der Waals surface area (Å²) in [6, 6.07) is 3.16. The van der Waals surface area contributed by atoms with Crippen LogP contribution in [0.2, 0.25) is 5.02 Å². The van der Waals surface area contributed by atoms with Crippen LogP contribution in [0.3, 0.4) is 0 Å². The van der Waals surface area contributed by atoms with Gasteiger partial charge in [0.15, 0.2) is 0 Å². The van der Waals surface area contributed by atoms with Gasteiger partial charge >= 0.3 is 0 Å². The van der Waals surface area contributed by atoms with Gasteiger partial charge in [-0.15, -0.1) is 0 Å². The fraction of sp³-hybridized carbons (Fsp3) is 0.400. The summed E-state index contributed by atoms with van der Waals surface area (Å²) in [5.41, 5.74) is 2.53. The van der Waals surface area contributed by atoms with Gasteiger partial charge in [0.1, 0.15) is 11.5 Å². The first-order valence-corrected chi connectivity index (χ1v) is 5.35. The third kappa shape index (κ3) is 3.55. The Bertz CT molecular complexity index is 400. The van der Waals surface area contributed by atoms with Gasteiger partial charge in [0, 0.05) is 20.7 Å². The van der Waals surface area contributed by atoms with Gasteiger partial charge in [0.25, 0.3) is 5.91 Å². The Kier molecular flexibility index (Phi) is 5.14. The van der Waals surface area contributed by atoms with Crippen molar-refractivity contribution in [1.29, 1.82) is 0 Å². The Labute approximate surface area is 105 Å². The molecule has 17 heavy (non-hydrogen) atoms. The van der Waals surface area contributed by atoms with Gasteiger partial charge in [0.2, 0.25) is 0 Å². The van der Waals surface area contributed by atoms with E-state index >= 15 is 0 Å². The summed E-state index contributed by atoms with van der Waals surface area (Å²) < 4.78 is 4.89. The zero-order chi connectivity index (χ0) is 12.8. The maximum atomic E-state index is 12.0. The van der Waals surface area contributed by atoms with Crippen LogP contribution >= 0.6 is 11.6 Å². The summed E-state index contributed by atoms with van der Waals surface area (Å²) in [6.07, 6.45) is 0. The number of halogens is 1. The average Bonchev–Trinajstić information content (AvgIpc) is 2.35. The van der Waals surface area contributed by atoms with Crippen LogP contribution in [0.5, 0.6) is 0 Å². The number of ether oxygens (including phenoxy) is 1. The molecule has 3 N–H and O–H groups in total. The molecule has 0 radical (unpaired) electrons. The first kappa shape index (κ1) is 13.7. The number of pyridine rings is 1. The lowest BCUT2D eigenvalue weighted by Gasteiger charge is -2.17. The number of aromatic nitrogens is 1. The number of hydrazine groups is 1. The molecule has 7 heteroatoms. The van der Waals surface area contributed by atoms with Crippen molar-refractivity contribution in [2.24, 2.45) is 5.84 Å². The van der Waals surface area contributed by atoms with Crippen molar-refractivity contribution in [3.63, 3.8) is 0 Å². The molecule has 0 aromatic carbocycles. The minimum absolute atomic E-state index is 0.167. The van der Waals surface area contributed by atoms with E-state index < -0.39 is 0 Å². The van der Waals surface area contributed by atoms with Crippen LogP contribution < -0.4 is 11.3 Å². The molecule has 1 heterocycles. The minimum atomic E-state index is -0.274. The van der Waals surface area contributed by atoms with Crippen LogP contribution in [-0.4, -0.2) is 43.1 Å². The van der Waals surface area contributed by atoms with Crippen molar-refractivity contribution >= 4 is 23.3 Å². The second-order valence-corrected chi connectivity index (χ2v) is 3.80. The number of anilines is 1. The molecule has 6 nitrogen and oxygen atoms in total. The summed E-state index contributed by atoms with van der Waals surface area (Å²) in [7, 11) is 3.23. The Hall–Kier alpha value is -1.37. The smallest absolute Gasteiger partial charge is 0.273 e. The molecule has 0 fully saturated rings. The van der Waals surface area contributed by atoms with Crippen LogP contribution in [-0.2, 0) is 4.74 Å². The zero-order valence-corrected chi connectivity index (χ0v) is 10.5. The number of carbonyl (C=O) groups excluding carboxylic acids is 1. The van der Waals surface area contributed by atoms with Crippen LogP contribution in [0.4, 0.5) is 5.82 Å². The molecule has 1 aromatic heterocycles. The van der Waals surface area contributed by atoms with Gasteiger partial charge in [-0.2, -0.15) is 0 Å². The van der Waals surface area contributed by atoms with Crippen LogP contribution in [0.1, 0.15) is 10.5 Å². The number of amides is 1. The quantitative estimate of drug-likeness (QED) is 0.601. The first-order valence-electron chi connectivity index (χ1n) is 4.97. The van der Waals surface area contributed by atoms with E-state index in [-0.39, 0.29) is 11.6 Å². The summed E-state index contributed by atoms with van der Waals surface area (Å²) in [6.45, 7) is 0.919. The molecule has 1 aromatic rings. The van der Waals surface area contributed by atoms with E-state index in [1.54, 1.807) is 26.3 Å². The summed E-state index contributed by atoms with van der Waals surface area (Å²) >= 11 is 5.92. The van der Waals surface area contributed by atoms with E-state index in [9.17, 15) is 4.79 Å². The highest BCUT2D eigenvalue weighted by molar-refractivity contribution is 6.33. The molecule has 0 aliphatic heterocycles. The van der Waals surface area contributed by atoms with Crippen LogP contribution in [0, 0.1) is 0 Å². The predicted molar refractivity (Wildman–Crippen MR) is 65.9 cm³/mol. The van der Waals surface area contributed by atoms with Gasteiger partial charge < -0.3 is 15.1 Å². The Morgan fingerprint density at radius 1 is 1.65 bits per heavy atom. The van der Waals surface area contributed by atoms with Crippen molar-refractivity contribution in [3.05, 3.63) is 22.8 Å². The van der Waals surface area contributed by atoms with E-state index in [4.69, 9.17) is 22.2 Å². The molecule has 1 amide bonds. The van der Waals surface area contributed by atoms with Crippen molar-refractivity contribution in [2.45, 2.75) is 0 Å². The number of nitrogens with zero attached hydrogens (tertiary/aromatic N) is 2. The molecule has 0 bridgehead atoms. The number of hydrogen-bond acceptors (Lipinski definition) is 5. The molecule has 0 saturated heterocycles. The highest BCUT2D eigenvalue weighted by atomic mass is 35.5. The first-order chi connectivity index (χ1) is 8.10. The highest BCUT2D eigenvalue weighted by Crippen LogP contribution is 2.17. The second-order valence-electron chi connectivity index (χ2n) is 3.39. The maximum Gasteiger partial charge on any atom is 0.273 e. The third-order valence-corrected chi connectivity index (χ3v) is 2.48. The van der Waals surface area contributed by atoms with Gasteiger partial charge in [0.05, 0.1) is 11.6 Å². The number of methoxy groups -OCH3 is 1. The molecule has 0 aliphatic rings. The molecule has 1 rings (SSSR count). The van der Waals surface area contributed by atoms with Crippen LogP contribution in [0.15, 0.2) is 12.1 Å². The Morgan fingerprint density at radius 2 is 2.35 bits per heavy atom. The Morgan fingerprint density at radius 3 is 2.94 bits per heavy atom. The lowest BCUT2D eigenvalue weighted by molar-refractivity contribution is 0.0739. The van der Waals surface area contributed by atoms with Gasteiger partial charge in [-0.1, -0.05) is 11.6 Å².